The molecule has 1 aliphatic rings. The summed E-state index contributed by atoms with van der Waals surface area (Å²) in [4.78, 5) is 4.44. The molecule has 1 unspecified atom stereocenters. The van der Waals surface area contributed by atoms with Crippen molar-refractivity contribution in [1.29, 1.82) is 0 Å². The van der Waals surface area contributed by atoms with Crippen LogP contribution < -0.4 is 0 Å². The third-order valence-corrected chi connectivity index (χ3v) is 4.20. The summed E-state index contributed by atoms with van der Waals surface area (Å²) >= 11 is 1.63. The summed E-state index contributed by atoms with van der Waals surface area (Å²) in [6, 6.07) is 1.90. The zero-order chi connectivity index (χ0) is 11.9. The van der Waals surface area contributed by atoms with Gasteiger partial charge in [0.05, 0.1) is 22.6 Å². The number of rotatable bonds is 2. The van der Waals surface area contributed by atoms with Crippen molar-refractivity contribution in [2.45, 2.75) is 38.2 Å². The number of aryl methyl sites for hydroxylation is 2. The van der Waals surface area contributed by atoms with Gasteiger partial charge in [-0.15, -0.1) is 11.3 Å². The molecule has 0 spiro atoms. The minimum atomic E-state index is -0.791. The Bertz CT molecular complexity index is 531. The Balaban J connectivity index is 1.92. The number of nitrogens with zero attached hydrogens (tertiary/aromatic N) is 1. The van der Waals surface area contributed by atoms with Gasteiger partial charge in [-0.2, -0.15) is 0 Å². The molecule has 4 heteroatoms. The summed E-state index contributed by atoms with van der Waals surface area (Å²) in [5.41, 5.74) is 1.14. The highest BCUT2D eigenvalue weighted by Crippen LogP contribution is 2.38. The van der Waals surface area contributed by atoms with E-state index < -0.39 is 5.60 Å². The molecule has 0 aliphatic heterocycles. The Morgan fingerprint density at radius 3 is 3.24 bits per heavy atom. The van der Waals surface area contributed by atoms with E-state index in [9.17, 15) is 5.11 Å². The topological polar surface area (TPSA) is 46.3 Å². The molecule has 2 heterocycles. The first-order chi connectivity index (χ1) is 8.17. The zero-order valence-corrected chi connectivity index (χ0v) is 10.6. The first-order valence-corrected chi connectivity index (χ1v) is 6.76. The lowest BCUT2D eigenvalue weighted by Crippen LogP contribution is -2.32. The molecule has 1 atom stereocenters. The Morgan fingerprint density at radius 2 is 2.47 bits per heavy atom. The highest BCUT2D eigenvalue weighted by molar-refractivity contribution is 7.09. The van der Waals surface area contributed by atoms with Crippen LogP contribution in [0.1, 0.15) is 34.9 Å². The van der Waals surface area contributed by atoms with Crippen LogP contribution in [0.25, 0.3) is 0 Å². The summed E-state index contributed by atoms with van der Waals surface area (Å²) in [6.45, 7) is 1.99. The van der Waals surface area contributed by atoms with E-state index in [4.69, 9.17) is 4.42 Å². The van der Waals surface area contributed by atoms with Gasteiger partial charge in [0.15, 0.2) is 0 Å². The minimum Gasteiger partial charge on any atom is -0.469 e. The molecule has 0 radical (unpaired) electrons. The Hall–Kier alpha value is -1.13. The van der Waals surface area contributed by atoms with Crippen molar-refractivity contribution in [1.82, 2.24) is 4.98 Å². The summed E-state index contributed by atoms with van der Waals surface area (Å²) in [5.74, 6) is 0.936. The molecule has 0 saturated heterocycles. The molecule has 3 rings (SSSR count). The van der Waals surface area contributed by atoms with Crippen molar-refractivity contribution in [2.75, 3.05) is 0 Å². The molecule has 90 valence electrons. The lowest BCUT2D eigenvalue weighted by Gasteiger charge is -2.31. The molecular formula is C13H15NO2S. The quantitative estimate of drug-likeness (QED) is 0.890. The Kier molecular flexibility index (Phi) is 2.56. The third-order valence-electron chi connectivity index (χ3n) is 3.38. The number of aliphatic hydroxyl groups is 1. The molecule has 3 nitrogen and oxygen atoms in total. The second-order valence-electron chi connectivity index (χ2n) is 4.68. The summed E-state index contributed by atoms with van der Waals surface area (Å²) in [7, 11) is 0. The van der Waals surface area contributed by atoms with Crippen LogP contribution in [0.3, 0.4) is 0 Å². The average Bonchev–Trinajstić information content (AvgIpc) is 2.88. The third kappa shape index (κ3) is 1.91. The first-order valence-electron chi connectivity index (χ1n) is 5.88. The van der Waals surface area contributed by atoms with Gasteiger partial charge in [0, 0.05) is 23.8 Å². The molecule has 17 heavy (non-hydrogen) atoms. The van der Waals surface area contributed by atoms with Crippen LogP contribution in [-0.2, 0) is 18.4 Å². The fraction of sp³-hybridized carbons (Fsp3) is 0.462. The van der Waals surface area contributed by atoms with Gasteiger partial charge in [-0.25, -0.2) is 4.98 Å². The van der Waals surface area contributed by atoms with Gasteiger partial charge in [0.1, 0.15) is 5.76 Å². The number of fused-ring (bicyclic) bond motifs is 1. The summed E-state index contributed by atoms with van der Waals surface area (Å²) < 4.78 is 5.42. The fourth-order valence-corrected chi connectivity index (χ4v) is 3.21. The van der Waals surface area contributed by atoms with Gasteiger partial charge >= 0.3 is 0 Å². The molecule has 1 N–H and O–H groups in total. The average molecular weight is 249 g/mol. The van der Waals surface area contributed by atoms with Gasteiger partial charge in [-0.3, -0.25) is 0 Å². The van der Waals surface area contributed by atoms with Crippen LogP contribution in [0, 0.1) is 6.92 Å². The van der Waals surface area contributed by atoms with Crippen LogP contribution >= 0.6 is 11.3 Å². The van der Waals surface area contributed by atoms with Crippen LogP contribution in [0.2, 0.25) is 0 Å². The van der Waals surface area contributed by atoms with E-state index in [2.05, 4.69) is 4.98 Å². The Labute approximate surface area is 104 Å². The van der Waals surface area contributed by atoms with Crippen molar-refractivity contribution in [2.24, 2.45) is 0 Å². The number of aromatic nitrogens is 1. The van der Waals surface area contributed by atoms with Gasteiger partial charge in [0.2, 0.25) is 0 Å². The number of hydrogen-bond acceptors (Lipinski definition) is 4. The van der Waals surface area contributed by atoms with E-state index in [0.29, 0.717) is 6.42 Å². The van der Waals surface area contributed by atoms with E-state index in [0.717, 1.165) is 41.3 Å². The van der Waals surface area contributed by atoms with Crippen molar-refractivity contribution >= 4 is 11.3 Å². The van der Waals surface area contributed by atoms with Crippen LogP contribution in [0.15, 0.2) is 22.1 Å². The van der Waals surface area contributed by atoms with Crippen LogP contribution in [-0.4, -0.2) is 10.1 Å². The number of hydrogen-bond donors (Lipinski definition) is 1. The van der Waals surface area contributed by atoms with Crippen molar-refractivity contribution in [3.05, 3.63) is 39.7 Å². The molecule has 0 saturated carbocycles. The van der Waals surface area contributed by atoms with Gasteiger partial charge in [0.25, 0.3) is 0 Å². The van der Waals surface area contributed by atoms with Crippen LogP contribution in [0.4, 0.5) is 0 Å². The predicted octanol–water partition coefficient (Wildman–Crippen LogP) is 2.81. The number of furan rings is 1. The maximum Gasteiger partial charge on any atom is 0.109 e. The first kappa shape index (κ1) is 11.0. The molecule has 1 aliphatic carbocycles. The zero-order valence-electron chi connectivity index (χ0n) is 9.77. The van der Waals surface area contributed by atoms with E-state index >= 15 is 0 Å². The molecular weight excluding hydrogens is 234 g/mol. The standard InChI is InChI=1S/C13H15NO2S/c1-9-14-10(8-17-9)7-13(15)5-2-3-12-11(13)4-6-16-12/h4,6,8,15H,2-3,5,7H2,1H3. The minimum absolute atomic E-state index is 0.587. The smallest absolute Gasteiger partial charge is 0.109 e. The van der Waals surface area contributed by atoms with E-state index in [-0.39, 0.29) is 0 Å². The lowest BCUT2D eigenvalue weighted by molar-refractivity contribution is 0.0161. The molecule has 2 aromatic rings. The highest BCUT2D eigenvalue weighted by atomic mass is 32.1. The monoisotopic (exact) mass is 249 g/mol. The van der Waals surface area contributed by atoms with Gasteiger partial charge < -0.3 is 9.52 Å². The van der Waals surface area contributed by atoms with E-state index in [1.807, 2.05) is 18.4 Å². The normalized spacial score (nSPS) is 23.6. The predicted molar refractivity (Wildman–Crippen MR) is 66.1 cm³/mol. The lowest BCUT2D eigenvalue weighted by atomic mass is 9.80. The van der Waals surface area contributed by atoms with Gasteiger partial charge in [-0.05, 0) is 25.8 Å². The van der Waals surface area contributed by atoms with Crippen LogP contribution in [0.5, 0.6) is 0 Å². The fourth-order valence-electron chi connectivity index (χ4n) is 2.60. The SMILES string of the molecule is Cc1nc(CC2(O)CCCc3occc32)cs1. The molecule has 0 amide bonds. The van der Waals surface area contributed by atoms with E-state index in [1.165, 1.54) is 0 Å². The maximum atomic E-state index is 10.8. The molecule has 0 bridgehead atoms. The second kappa shape index (κ2) is 3.96. The van der Waals surface area contributed by atoms with Crippen molar-refractivity contribution < 1.29 is 9.52 Å². The number of thiazole rings is 1. The second-order valence-corrected chi connectivity index (χ2v) is 5.74. The van der Waals surface area contributed by atoms with E-state index in [1.54, 1.807) is 17.6 Å². The maximum absolute atomic E-state index is 10.8. The van der Waals surface area contributed by atoms with Gasteiger partial charge in [-0.1, -0.05) is 0 Å². The summed E-state index contributed by atoms with van der Waals surface area (Å²) in [6.07, 6.45) is 4.95. The molecule has 2 aromatic heterocycles. The van der Waals surface area contributed by atoms with Crippen molar-refractivity contribution in [3.63, 3.8) is 0 Å². The molecule has 0 aromatic carbocycles. The largest absolute Gasteiger partial charge is 0.469 e. The highest BCUT2D eigenvalue weighted by Gasteiger charge is 2.36. The van der Waals surface area contributed by atoms with Crippen molar-refractivity contribution in [3.8, 4) is 0 Å². The molecule has 0 fully saturated rings. The Morgan fingerprint density at radius 1 is 1.59 bits per heavy atom. The summed E-state index contributed by atoms with van der Waals surface area (Å²) in [5, 5.41) is 13.9.